The van der Waals surface area contributed by atoms with Crippen LogP contribution in [0.25, 0.3) is 11.0 Å². The molecule has 3 heterocycles. The molecule has 0 radical (unpaired) electrons. The number of amides is 1. The van der Waals surface area contributed by atoms with Gasteiger partial charge in [0.05, 0.1) is 21.2 Å². The molecular formula is C21H32BrN5O3. The smallest absolute Gasteiger partial charge is 0.407 e. The minimum atomic E-state index is -0.507. The third kappa shape index (κ3) is 5.78. The fraction of sp³-hybridized carbons (Fsp3) is 0.619. The molecule has 9 heteroatoms. The van der Waals surface area contributed by atoms with Gasteiger partial charge in [-0.3, -0.25) is 0 Å². The largest absolute Gasteiger partial charge is 0.444 e. The third-order valence-electron chi connectivity index (χ3n) is 4.93. The number of nitrogens with zero attached hydrogens (tertiary/aromatic N) is 2. The lowest BCUT2D eigenvalue weighted by molar-refractivity contribution is 0.0500. The molecule has 2 aromatic rings. The molecule has 8 nitrogen and oxygen atoms in total. The van der Waals surface area contributed by atoms with Crippen LogP contribution < -0.4 is 15.5 Å². The van der Waals surface area contributed by atoms with Crippen molar-refractivity contribution in [3.05, 3.63) is 16.9 Å². The normalized spacial score (nSPS) is 17.2. The van der Waals surface area contributed by atoms with Crippen molar-refractivity contribution in [1.82, 2.24) is 15.3 Å². The fourth-order valence-electron chi connectivity index (χ4n) is 3.72. The Morgan fingerprint density at radius 1 is 1.43 bits per heavy atom. The van der Waals surface area contributed by atoms with E-state index in [1.807, 2.05) is 33.2 Å². The summed E-state index contributed by atoms with van der Waals surface area (Å²) in [4.78, 5) is 22.3. The van der Waals surface area contributed by atoms with Crippen LogP contribution in [0.3, 0.4) is 0 Å². The lowest BCUT2D eigenvalue weighted by atomic mass is 10.0. The molecule has 1 unspecified atom stereocenters. The first-order chi connectivity index (χ1) is 14.3. The van der Waals surface area contributed by atoms with E-state index in [1.165, 1.54) is 0 Å². The molecule has 2 aromatic heterocycles. The van der Waals surface area contributed by atoms with Crippen LogP contribution >= 0.6 is 15.9 Å². The van der Waals surface area contributed by atoms with Gasteiger partial charge in [0.1, 0.15) is 11.2 Å². The van der Waals surface area contributed by atoms with Crippen LogP contribution in [0.1, 0.15) is 40.0 Å². The number of H-pyrrole nitrogens is 1. The number of ether oxygens (including phenoxy) is 2. The zero-order valence-corrected chi connectivity index (χ0v) is 19.8. The maximum Gasteiger partial charge on any atom is 0.407 e. The Bertz CT molecular complexity index is 864. The molecule has 0 spiro atoms. The molecular weight excluding hydrogens is 450 g/mol. The van der Waals surface area contributed by atoms with E-state index >= 15 is 0 Å². The van der Waals surface area contributed by atoms with Crippen molar-refractivity contribution in [3.63, 3.8) is 0 Å². The second kappa shape index (κ2) is 9.87. The summed E-state index contributed by atoms with van der Waals surface area (Å²) in [6.07, 6.45) is 6.25. The molecule has 0 aliphatic carbocycles. The van der Waals surface area contributed by atoms with Gasteiger partial charge >= 0.3 is 6.09 Å². The summed E-state index contributed by atoms with van der Waals surface area (Å²) in [5.41, 5.74) is 2.44. The predicted molar refractivity (Wildman–Crippen MR) is 123 cm³/mol. The number of methoxy groups -OCH3 is 1. The maximum atomic E-state index is 12.2. The zero-order valence-electron chi connectivity index (χ0n) is 18.2. The Balaban J connectivity index is 1.78. The summed E-state index contributed by atoms with van der Waals surface area (Å²) in [7, 11) is 1.71. The van der Waals surface area contributed by atoms with Gasteiger partial charge in [0.15, 0.2) is 0 Å². The van der Waals surface area contributed by atoms with Crippen molar-refractivity contribution in [2.24, 2.45) is 0 Å². The zero-order chi connectivity index (χ0) is 21.7. The summed E-state index contributed by atoms with van der Waals surface area (Å²) in [5.74, 6) is 0. The Morgan fingerprint density at radius 2 is 2.23 bits per heavy atom. The van der Waals surface area contributed by atoms with E-state index < -0.39 is 5.60 Å². The second-order valence-electron chi connectivity index (χ2n) is 8.59. The van der Waals surface area contributed by atoms with E-state index in [-0.39, 0.29) is 12.1 Å². The summed E-state index contributed by atoms with van der Waals surface area (Å²) in [5, 5.41) is 7.57. The lowest BCUT2D eigenvalue weighted by Gasteiger charge is -2.36. The van der Waals surface area contributed by atoms with Crippen molar-refractivity contribution in [1.29, 1.82) is 0 Å². The van der Waals surface area contributed by atoms with E-state index in [0.29, 0.717) is 13.2 Å². The molecule has 3 N–H and O–H groups in total. The van der Waals surface area contributed by atoms with Gasteiger partial charge in [0, 0.05) is 51.8 Å². The van der Waals surface area contributed by atoms with Crippen molar-refractivity contribution in [3.8, 4) is 0 Å². The van der Waals surface area contributed by atoms with E-state index in [2.05, 4.69) is 41.4 Å². The summed E-state index contributed by atoms with van der Waals surface area (Å²) >= 11 is 3.70. The van der Waals surface area contributed by atoms with Gasteiger partial charge in [0.25, 0.3) is 0 Å². The number of carbonyl (C=O) groups is 1. The number of halogens is 1. The van der Waals surface area contributed by atoms with Gasteiger partial charge in [-0.25, -0.2) is 9.78 Å². The first kappa shape index (κ1) is 22.7. The van der Waals surface area contributed by atoms with Crippen molar-refractivity contribution in [2.45, 2.75) is 51.7 Å². The number of pyridine rings is 1. The van der Waals surface area contributed by atoms with Crippen LogP contribution in [-0.4, -0.2) is 61.1 Å². The SMILES string of the molecule is COCCCNc1c[nH]c2ncc(Br)c(N3CCCC(NC(=O)OC(C)(C)C)C3)c12. The number of hydrogen-bond acceptors (Lipinski definition) is 6. The minimum absolute atomic E-state index is 0.0285. The Morgan fingerprint density at radius 3 is 2.97 bits per heavy atom. The van der Waals surface area contributed by atoms with Gasteiger partial charge < -0.3 is 30.0 Å². The number of nitrogens with one attached hydrogen (secondary N) is 3. The Hall–Kier alpha value is -2.00. The van der Waals surface area contributed by atoms with Gasteiger partial charge in [-0.1, -0.05) is 0 Å². The van der Waals surface area contributed by atoms with Gasteiger partial charge in [-0.2, -0.15) is 0 Å². The predicted octanol–water partition coefficient (Wildman–Crippen LogP) is 4.27. The highest BCUT2D eigenvalue weighted by Gasteiger charge is 2.27. The quantitative estimate of drug-likeness (QED) is 0.511. The number of aromatic nitrogens is 2. The lowest BCUT2D eigenvalue weighted by Crippen LogP contribution is -2.49. The molecule has 0 saturated carbocycles. The molecule has 1 fully saturated rings. The average Bonchev–Trinajstić information content (AvgIpc) is 3.07. The minimum Gasteiger partial charge on any atom is -0.444 e. The third-order valence-corrected chi connectivity index (χ3v) is 5.51. The van der Waals surface area contributed by atoms with Crippen LogP contribution in [0.4, 0.5) is 16.2 Å². The van der Waals surface area contributed by atoms with E-state index in [4.69, 9.17) is 9.47 Å². The monoisotopic (exact) mass is 481 g/mol. The van der Waals surface area contributed by atoms with Crippen molar-refractivity contribution >= 4 is 44.4 Å². The standard InChI is InChI=1S/C21H32BrN5O3/c1-21(2,3)30-20(28)26-14-7-5-9-27(13-14)18-15(22)11-24-19-17(18)16(12-25-19)23-8-6-10-29-4/h11-12,14,23H,5-10,13H2,1-4H3,(H,24,25)(H,26,28). The van der Waals surface area contributed by atoms with Gasteiger partial charge in [0.2, 0.25) is 0 Å². The van der Waals surface area contributed by atoms with Crippen LogP contribution in [-0.2, 0) is 9.47 Å². The van der Waals surface area contributed by atoms with Crippen LogP contribution in [0, 0.1) is 0 Å². The number of hydrogen-bond donors (Lipinski definition) is 3. The fourth-order valence-corrected chi connectivity index (χ4v) is 4.27. The molecule has 1 amide bonds. The van der Waals surface area contributed by atoms with Crippen molar-refractivity contribution in [2.75, 3.05) is 43.6 Å². The molecule has 1 saturated heterocycles. The highest BCUT2D eigenvalue weighted by Crippen LogP contribution is 2.38. The molecule has 0 bridgehead atoms. The molecule has 1 aliphatic rings. The van der Waals surface area contributed by atoms with Gasteiger partial charge in [-0.15, -0.1) is 0 Å². The summed E-state index contributed by atoms with van der Waals surface area (Å²) in [6.45, 7) is 8.78. The van der Waals surface area contributed by atoms with E-state index in [0.717, 1.165) is 59.2 Å². The first-order valence-electron chi connectivity index (χ1n) is 10.4. The van der Waals surface area contributed by atoms with E-state index in [1.54, 1.807) is 7.11 Å². The second-order valence-corrected chi connectivity index (χ2v) is 9.44. The number of fused-ring (bicyclic) bond motifs is 1. The first-order valence-corrected chi connectivity index (χ1v) is 11.2. The summed E-state index contributed by atoms with van der Waals surface area (Å²) < 4.78 is 11.5. The van der Waals surface area contributed by atoms with Crippen LogP contribution in [0.2, 0.25) is 0 Å². The van der Waals surface area contributed by atoms with Gasteiger partial charge in [-0.05, 0) is 56.0 Å². The molecule has 1 atom stereocenters. The van der Waals surface area contributed by atoms with Crippen LogP contribution in [0.15, 0.2) is 16.9 Å². The topological polar surface area (TPSA) is 91.5 Å². The van der Waals surface area contributed by atoms with Crippen LogP contribution in [0.5, 0.6) is 0 Å². The molecule has 30 heavy (non-hydrogen) atoms. The van der Waals surface area contributed by atoms with E-state index in [9.17, 15) is 4.79 Å². The average molecular weight is 482 g/mol. The number of rotatable bonds is 7. The van der Waals surface area contributed by atoms with Crippen molar-refractivity contribution < 1.29 is 14.3 Å². The highest BCUT2D eigenvalue weighted by molar-refractivity contribution is 9.10. The molecule has 0 aromatic carbocycles. The molecule has 3 rings (SSSR count). The molecule has 166 valence electrons. The molecule has 1 aliphatic heterocycles. The number of piperidine rings is 1. The number of alkyl carbamates (subject to hydrolysis) is 1. The number of aromatic amines is 1. The maximum absolute atomic E-state index is 12.2. The summed E-state index contributed by atoms with van der Waals surface area (Å²) in [6, 6.07) is 0.0285. The number of carbonyl (C=O) groups excluding carboxylic acids is 1. The highest BCUT2D eigenvalue weighted by atomic mass is 79.9. The Kier molecular flexibility index (Phi) is 7.46. The number of anilines is 2. The Labute approximate surface area is 186 Å².